The average molecular weight is 433 g/mol. The molecule has 1 aliphatic rings. The number of nitrogens with one attached hydrogen (secondary N) is 2. The summed E-state index contributed by atoms with van der Waals surface area (Å²) in [4.78, 5) is 30.7. The molecule has 0 saturated carbocycles. The molecule has 1 aromatic carbocycles. The number of rotatable bonds is 7. The van der Waals surface area contributed by atoms with Crippen LogP contribution < -0.4 is 10.6 Å². The highest BCUT2D eigenvalue weighted by Gasteiger charge is 2.31. The van der Waals surface area contributed by atoms with E-state index in [2.05, 4.69) is 33.4 Å². The summed E-state index contributed by atoms with van der Waals surface area (Å²) in [7, 11) is 0. The van der Waals surface area contributed by atoms with Crippen LogP contribution in [0, 0.1) is 5.82 Å². The monoisotopic (exact) mass is 432 g/mol. The van der Waals surface area contributed by atoms with Crippen LogP contribution in [0.15, 0.2) is 41.8 Å². The number of nitrogens with zero attached hydrogens (tertiary/aromatic N) is 2. The molecule has 30 heavy (non-hydrogen) atoms. The van der Waals surface area contributed by atoms with Gasteiger partial charge in [0.15, 0.2) is 0 Å². The molecule has 2 N–H and O–H groups in total. The summed E-state index contributed by atoms with van der Waals surface area (Å²) >= 11 is 1.67. The maximum atomic E-state index is 13.0. The Bertz CT molecular complexity index is 820. The highest BCUT2D eigenvalue weighted by Crippen LogP contribution is 2.29. The van der Waals surface area contributed by atoms with Gasteiger partial charge in [-0.15, -0.1) is 11.3 Å². The first kappa shape index (κ1) is 22.4. The summed E-state index contributed by atoms with van der Waals surface area (Å²) in [6.07, 6.45) is 0. The van der Waals surface area contributed by atoms with Gasteiger partial charge in [-0.3, -0.25) is 14.5 Å². The standard InChI is InChI=1S/C22H29FN4O2S/c1-3-26-10-12-27(13-11-26)20(19-5-4-14-30-19)16(2)25-22(29)21(28)24-15-17-6-8-18(23)9-7-17/h4-9,14,16,20H,3,10-13,15H2,1-2H3,(H,24,28)(H,25,29)/t16-,20-/m1/s1. The first-order chi connectivity index (χ1) is 14.5. The molecule has 8 heteroatoms. The third-order valence-corrected chi connectivity index (χ3v) is 6.43. The molecule has 1 aliphatic heterocycles. The van der Waals surface area contributed by atoms with E-state index in [0.29, 0.717) is 0 Å². The largest absolute Gasteiger partial charge is 0.344 e. The Morgan fingerprint density at radius 1 is 1.10 bits per heavy atom. The summed E-state index contributed by atoms with van der Waals surface area (Å²) in [5, 5.41) is 7.51. The first-order valence-electron chi connectivity index (χ1n) is 10.3. The van der Waals surface area contributed by atoms with Gasteiger partial charge in [-0.25, -0.2) is 4.39 Å². The number of hydrogen-bond acceptors (Lipinski definition) is 5. The van der Waals surface area contributed by atoms with Crippen LogP contribution in [0.25, 0.3) is 0 Å². The van der Waals surface area contributed by atoms with E-state index in [0.717, 1.165) is 38.3 Å². The molecular formula is C22H29FN4O2S. The first-order valence-corrected chi connectivity index (χ1v) is 11.2. The van der Waals surface area contributed by atoms with Crippen LogP contribution in [0.3, 0.4) is 0 Å². The molecule has 6 nitrogen and oxygen atoms in total. The van der Waals surface area contributed by atoms with Crippen LogP contribution in [0.2, 0.25) is 0 Å². The fraction of sp³-hybridized carbons (Fsp3) is 0.455. The SMILES string of the molecule is CCN1CCN([C@@H](c2cccs2)[C@@H](C)NC(=O)C(=O)NCc2ccc(F)cc2)CC1. The quantitative estimate of drug-likeness (QED) is 0.660. The van der Waals surface area contributed by atoms with Crippen LogP contribution in [-0.2, 0) is 16.1 Å². The van der Waals surface area contributed by atoms with Crippen LogP contribution >= 0.6 is 11.3 Å². The fourth-order valence-corrected chi connectivity index (χ4v) is 4.74. The Morgan fingerprint density at radius 2 is 1.80 bits per heavy atom. The Kier molecular flexibility index (Phi) is 7.95. The van der Waals surface area contributed by atoms with Gasteiger partial charge in [0.05, 0.1) is 6.04 Å². The van der Waals surface area contributed by atoms with Crippen molar-refractivity contribution in [1.29, 1.82) is 0 Å². The number of piperazine rings is 1. The highest BCUT2D eigenvalue weighted by molar-refractivity contribution is 7.10. The van der Waals surface area contributed by atoms with Crippen molar-refractivity contribution >= 4 is 23.2 Å². The molecular weight excluding hydrogens is 403 g/mol. The van der Waals surface area contributed by atoms with E-state index in [1.54, 1.807) is 23.5 Å². The molecule has 0 spiro atoms. The van der Waals surface area contributed by atoms with Crippen LogP contribution in [0.4, 0.5) is 4.39 Å². The van der Waals surface area contributed by atoms with E-state index in [-0.39, 0.29) is 24.4 Å². The molecule has 2 atom stereocenters. The second-order valence-electron chi connectivity index (χ2n) is 7.50. The number of halogens is 1. The summed E-state index contributed by atoms with van der Waals surface area (Å²) in [6, 6.07) is 9.72. The van der Waals surface area contributed by atoms with Crippen molar-refractivity contribution in [3.8, 4) is 0 Å². The lowest BCUT2D eigenvalue weighted by molar-refractivity contribution is -0.140. The van der Waals surface area contributed by atoms with Crippen LogP contribution in [-0.4, -0.2) is 60.4 Å². The van der Waals surface area contributed by atoms with Crippen molar-refractivity contribution < 1.29 is 14.0 Å². The van der Waals surface area contributed by atoms with Crippen LogP contribution in [0.1, 0.15) is 30.3 Å². The molecule has 2 aromatic rings. The second kappa shape index (κ2) is 10.7. The Balaban J connectivity index is 1.59. The molecule has 0 bridgehead atoms. The zero-order valence-corrected chi connectivity index (χ0v) is 18.3. The van der Waals surface area contributed by atoms with Crippen molar-refractivity contribution in [3.63, 3.8) is 0 Å². The second-order valence-corrected chi connectivity index (χ2v) is 8.48. The maximum Gasteiger partial charge on any atom is 0.309 e. The summed E-state index contributed by atoms with van der Waals surface area (Å²) in [5.41, 5.74) is 0.732. The third kappa shape index (κ3) is 5.87. The van der Waals surface area contributed by atoms with Gasteiger partial charge in [0.2, 0.25) is 0 Å². The Hall–Kier alpha value is -2.29. The molecule has 162 valence electrons. The number of thiophene rings is 1. The van der Waals surface area contributed by atoms with Crippen LogP contribution in [0.5, 0.6) is 0 Å². The maximum absolute atomic E-state index is 13.0. The van der Waals surface area contributed by atoms with E-state index in [1.807, 2.05) is 18.4 Å². The van der Waals surface area contributed by atoms with Crippen molar-refractivity contribution in [2.24, 2.45) is 0 Å². The van der Waals surface area contributed by atoms with E-state index < -0.39 is 11.8 Å². The lowest BCUT2D eigenvalue weighted by atomic mass is 10.0. The van der Waals surface area contributed by atoms with E-state index in [4.69, 9.17) is 0 Å². The molecule has 0 radical (unpaired) electrons. The molecule has 2 heterocycles. The van der Waals surface area contributed by atoms with Gasteiger partial charge in [0.25, 0.3) is 0 Å². The number of carbonyl (C=O) groups is 2. The molecule has 0 unspecified atom stereocenters. The molecule has 3 rings (SSSR count). The van der Waals surface area contributed by atoms with Gasteiger partial charge >= 0.3 is 11.8 Å². The third-order valence-electron chi connectivity index (χ3n) is 5.49. The number of likely N-dealkylation sites (N-methyl/N-ethyl adjacent to an activating group) is 1. The molecule has 0 aliphatic carbocycles. The van der Waals surface area contributed by atoms with Crippen molar-refractivity contribution in [3.05, 3.63) is 58.0 Å². The predicted octanol–water partition coefficient (Wildman–Crippen LogP) is 2.39. The molecule has 1 saturated heterocycles. The van der Waals surface area contributed by atoms with Crippen molar-refractivity contribution in [2.75, 3.05) is 32.7 Å². The normalized spacial score (nSPS) is 17.3. The van der Waals surface area contributed by atoms with Gasteiger partial charge in [-0.2, -0.15) is 0 Å². The minimum Gasteiger partial charge on any atom is -0.344 e. The van der Waals surface area contributed by atoms with Gasteiger partial charge in [-0.1, -0.05) is 25.1 Å². The lowest BCUT2D eigenvalue weighted by Gasteiger charge is -2.41. The van der Waals surface area contributed by atoms with E-state index in [9.17, 15) is 14.0 Å². The fourth-order valence-electron chi connectivity index (χ4n) is 3.78. The number of hydrogen-bond donors (Lipinski definition) is 2. The van der Waals surface area contributed by atoms with Crippen molar-refractivity contribution in [2.45, 2.75) is 32.5 Å². The molecule has 1 fully saturated rings. The number of benzene rings is 1. The van der Waals surface area contributed by atoms with Crippen molar-refractivity contribution in [1.82, 2.24) is 20.4 Å². The smallest absolute Gasteiger partial charge is 0.309 e. The number of carbonyl (C=O) groups excluding carboxylic acids is 2. The average Bonchev–Trinajstić information content (AvgIpc) is 3.28. The minimum absolute atomic E-state index is 0.0258. The Labute approximate surface area is 181 Å². The predicted molar refractivity (Wildman–Crippen MR) is 117 cm³/mol. The summed E-state index contributed by atoms with van der Waals surface area (Å²) in [6.45, 7) is 9.17. The zero-order chi connectivity index (χ0) is 21.5. The van der Waals surface area contributed by atoms with Gasteiger partial charge in [0.1, 0.15) is 5.82 Å². The summed E-state index contributed by atoms with van der Waals surface area (Å²) < 4.78 is 13.0. The molecule has 2 amide bonds. The number of amides is 2. The van der Waals surface area contributed by atoms with Gasteiger partial charge in [0, 0.05) is 43.6 Å². The van der Waals surface area contributed by atoms with E-state index >= 15 is 0 Å². The summed E-state index contributed by atoms with van der Waals surface area (Å²) in [5.74, 6) is -1.68. The van der Waals surface area contributed by atoms with Gasteiger partial charge in [-0.05, 0) is 42.6 Å². The van der Waals surface area contributed by atoms with E-state index in [1.165, 1.54) is 17.0 Å². The Morgan fingerprint density at radius 3 is 2.40 bits per heavy atom. The lowest BCUT2D eigenvalue weighted by Crippen LogP contribution is -2.53. The minimum atomic E-state index is -0.688. The topological polar surface area (TPSA) is 64.7 Å². The van der Waals surface area contributed by atoms with Gasteiger partial charge < -0.3 is 15.5 Å². The zero-order valence-electron chi connectivity index (χ0n) is 17.4. The highest BCUT2D eigenvalue weighted by atomic mass is 32.1. The molecule has 1 aromatic heterocycles.